The Hall–Kier alpha value is -2.01. The van der Waals surface area contributed by atoms with Crippen molar-refractivity contribution in [1.29, 1.82) is 0 Å². The molecule has 5 nitrogen and oxygen atoms in total. The Morgan fingerprint density at radius 2 is 2.38 bits per heavy atom. The van der Waals surface area contributed by atoms with E-state index < -0.39 is 0 Å². The van der Waals surface area contributed by atoms with E-state index in [1.54, 1.807) is 23.6 Å². The molecular weight excluding hydrogens is 290 g/mol. The number of halogens is 1. The molecule has 110 valence electrons. The van der Waals surface area contributed by atoms with Crippen LogP contribution in [0.15, 0.2) is 35.2 Å². The molecule has 2 aromatic heterocycles. The lowest BCUT2D eigenvalue weighted by atomic mass is 10.1. The standard InChI is InChI=1S/C15H16ClN3O2/c1-10-12(16)7-17-8-13(10)18-15(20)19-5-4-11(9-19)14-3-2-6-21-14/h2-3,6-8,11H,4-5,9H2,1H3,(H,18,20). The second-order valence-corrected chi connectivity index (χ2v) is 5.58. The van der Waals surface area contributed by atoms with Crippen molar-refractivity contribution in [3.8, 4) is 0 Å². The number of amides is 2. The third kappa shape index (κ3) is 2.88. The maximum Gasteiger partial charge on any atom is 0.321 e. The van der Waals surface area contributed by atoms with Crippen LogP contribution in [0.4, 0.5) is 10.5 Å². The first-order valence-electron chi connectivity index (χ1n) is 6.84. The predicted molar refractivity (Wildman–Crippen MR) is 80.6 cm³/mol. The zero-order chi connectivity index (χ0) is 14.8. The fraction of sp³-hybridized carbons (Fsp3) is 0.333. The molecule has 0 bridgehead atoms. The molecule has 3 rings (SSSR count). The number of nitrogens with one attached hydrogen (secondary N) is 1. The van der Waals surface area contributed by atoms with Crippen molar-refractivity contribution in [1.82, 2.24) is 9.88 Å². The molecule has 1 saturated heterocycles. The predicted octanol–water partition coefficient (Wildman–Crippen LogP) is 3.66. The van der Waals surface area contributed by atoms with Gasteiger partial charge in [0.1, 0.15) is 5.76 Å². The number of hydrogen-bond donors (Lipinski definition) is 1. The summed E-state index contributed by atoms with van der Waals surface area (Å²) < 4.78 is 5.41. The second kappa shape index (κ2) is 5.77. The Balaban J connectivity index is 1.65. The van der Waals surface area contributed by atoms with Crippen molar-refractivity contribution in [3.05, 3.63) is 47.1 Å². The molecule has 2 amide bonds. The summed E-state index contributed by atoms with van der Waals surface area (Å²) in [7, 11) is 0. The minimum absolute atomic E-state index is 0.128. The van der Waals surface area contributed by atoms with E-state index in [1.807, 2.05) is 19.1 Å². The van der Waals surface area contributed by atoms with Crippen molar-refractivity contribution in [2.45, 2.75) is 19.3 Å². The number of carbonyl (C=O) groups excluding carboxylic acids is 1. The SMILES string of the molecule is Cc1c(Cl)cncc1NC(=O)N1CCC(c2ccco2)C1. The van der Waals surface area contributed by atoms with Gasteiger partial charge >= 0.3 is 6.03 Å². The van der Waals surface area contributed by atoms with Gasteiger partial charge in [-0.15, -0.1) is 0 Å². The van der Waals surface area contributed by atoms with E-state index in [9.17, 15) is 4.79 Å². The third-order valence-corrected chi connectivity index (χ3v) is 4.20. The molecule has 1 fully saturated rings. The largest absolute Gasteiger partial charge is 0.469 e. The van der Waals surface area contributed by atoms with Crippen LogP contribution < -0.4 is 5.32 Å². The molecule has 2 aromatic rings. The molecular formula is C15H16ClN3O2. The molecule has 1 atom stereocenters. The van der Waals surface area contributed by atoms with E-state index >= 15 is 0 Å². The Morgan fingerprint density at radius 1 is 1.52 bits per heavy atom. The van der Waals surface area contributed by atoms with Gasteiger partial charge in [0.05, 0.1) is 23.2 Å². The van der Waals surface area contributed by atoms with Crippen molar-refractivity contribution in [3.63, 3.8) is 0 Å². The van der Waals surface area contributed by atoms with Crippen LogP contribution in [0.2, 0.25) is 5.02 Å². The number of pyridine rings is 1. The summed E-state index contributed by atoms with van der Waals surface area (Å²) in [6.45, 7) is 3.23. The lowest BCUT2D eigenvalue weighted by Gasteiger charge is -2.18. The fourth-order valence-corrected chi connectivity index (χ4v) is 2.68. The number of carbonyl (C=O) groups is 1. The van der Waals surface area contributed by atoms with E-state index in [0.29, 0.717) is 23.8 Å². The first kappa shape index (κ1) is 13.9. The van der Waals surface area contributed by atoms with Crippen LogP contribution in [-0.2, 0) is 0 Å². The maximum absolute atomic E-state index is 12.3. The first-order valence-corrected chi connectivity index (χ1v) is 7.22. The van der Waals surface area contributed by atoms with Crippen LogP contribution in [0.1, 0.15) is 23.7 Å². The van der Waals surface area contributed by atoms with E-state index in [1.165, 1.54) is 0 Å². The summed E-state index contributed by atoms with van der Waals surface area (Å²) in [4.78, 5) is 18.1. The Kier molecular flexibility index (Phi) is 3.84. The summed E-state index contributed by atoms with van der Waals surface area (Å²) in [5.74, 6) is 1.20. The topological polar surface area (TPSA) is 58.4 Å². The van der Waals surface area contributed by atoms with Crippen molar-refractivity contribution in [2.24, 2.45) is 0 Å². The molecule has 1 aliphatic heterocycles. The summed E-state index contributed by atoms with van der Waals surface area (Å²) in [5, 5.41) is 3.41. The number of rotatable bonds is 2. The van der Waals surface area contributed by atoms with Gasteiger partial charge in [-0.05, 0) is 31.0 Å². The number of urea groups is 1. The molecule has 1 unspecified atom stereocenters. The first-order chi connectivity index (χ1) is 10.1. The van der Waals surface area contributed by atoms with Gasteiger partial charge in [-0.3, -0.25) is 4.98 Å². The van der Waals surface area contributed by atoms with Gasteiger partial charge in [-0.25, -0.2) is 4.79 Å². The van der Waals surface area contributed by atoms with E-state index in [0.717, 1.165) is 17.7 Å². The normalized spacial score (nSPS) is 18.0. The summed E-state index contributed by atoms with van der Waals surface area (Å²) in [6, 6.07) is 3.70. The van der Waals surface area contributed by atoms with Gasteiger partial charge in [0.25, 0.3) is 0 Å². The number of likely N-dealkylation sites (tertiary alicyclic amines) is 1. The molecule has 0 spiro atoms. The zero-order valence-electron chi connectivity index (χ0n) is 11.7. The molecule has 1 N–H and O–H groups in total. The van der Waals surface area contributed by atoms with Crippen LogP contribution in [0, 0.1) is 6.92 Å². The molecule has 6 heteroatoms. The summed E-state index contributed by atoms with van der Waals surface area (Å²) in [5.41, 5.74) is 1.47. The second-order valence-electron chi connectivity index (χ2n) is 5.17. The smallest absolute Gasteiger partial charge is 0.321 e. The van der Waals surface area contributed by atoms with Crippen LogP contribution in [0.25, 0.3) is 0 Å². The van der Waals surface area contributed by atoms with Gasteiger partial charge in [0, 0.05) is 25.2 Å². The highest BCUT2D eigenvalue weighted by atomic mass is 35.5. The van der Waals surface area contributed by atoms with Gasteiger partial charge in [-0.2, -0.15) is 0 Å². The van der Waals surface area contributed by atoms with Gasteiger partial charge in [0.2, 0.25) is 0 Å². The number of nitrogens with zero attached hydrogens (tertiary/aromatic N) is 2. The lowest BCUT2D eigenvalue weighted by molar-refractivity contribution is 0.221. The summed E-state index contributed by atoms with van der Waals surface area (Å²) >= 11 is 6.01. The van der Waals surface area contributed by atoms with Crippen LogP contribution in [0.3, 0.4) is 0 Å². The Bertz CT molecular complexity index is 642. The van der Waals surface area contributed by atoms with E-state index in [4.69, 9.17) is 16.0 Å². The number of aromatic nitrogens is 1. The lowest BCUT2D eigenvalue weighted by Crippen LogP contribution is -2.33. The van der Waals surface area contributed by atoms with Crippen molar-refractivity contribution >= 4 is 23.3 Å². The molecule has 21 heavy (non-hydrogen) atoms. The van der Waals surface area contributed by atoms with Gasteiger partial charge in [-0.1, -0.05) is 11.6 Å². The molecule has 0 saturated carbocycles. The monoisotopic (exact) mass is 305 g/mol. The fourth-order valence-electron chi connectivity index (χ4n) is 2.52. The highest BCUT2D eigenvalue weighted by molar-refractivity contribution is 6.31. The highest BCUT2D eigenvalue weighted by Crippen LogP contribution is 2.28. The maximum atomic E-state index is 12.3. The van der Waals surface area contributed by atoms with Crippen LogP contribution >= 0.6 is 11.6 Å². The van der Waals surface area contributed by atoms with Gasteiger partial charge in [0.15, 0.2) is 0 Å². The molecule has 0 aliphatic carbocycles. The van der Waals surface area contributed by atoms with Crippen LogP contribution in [0.5, 0.6) is 0 Å². The average molecular weight is 306 g/mol. The molecule has 3 heterocycles. The summed E-state index contributed by atoms with van der Waals surface area (Å²) in [6.07, 6.45) is 5.75. The highest BCUT2D eigenvalue weighted by Gasteiger charge is 2.29. The number of anilines is 1. The molecule has 0 aromatic carbocycles. The van der Waals surface area contributed by atoms with Crippen LogP contribution in [-0.4, -0.2) is 29.0 Å². The van der Waals surface area contributed by atoms with Crippen molar-refractivity contribution < 1.29 is 9.21 Å². The quantitative estimate of drug-likeness (QED) is 0.921. The average Bonchev–Trinajstić information content (AvgIpc) is 3.13. The van der Waals surface area contributed by atoms with E-state index in [2.05, 4.69) is 10.3 Å². The van der Waals surface area contributed by atoms with Gasteiger partial charge < -0.3 is 14.6 Å². The minimum Gasteiger partial charge on any atom is -0.469 e. The molecule has 0 radical (unpaired) electrons. The third-order valence-electron chi connectivity index (χ3n) is 3.82. The Morgan fingerprint density at radius 3 is 3.14 bits per heavy atom. The number of furan rings is 1. The molecule has 1 aliphatic rings. The van der Waals surface area contributed by atoms with Crippen molar-refractivity contribution in [2.75, 3.05) is 18.4 Å². The zero-order valence-corrected chi connectivity index (χ0v) is 12.4. The Labute approximate surface area is 127 Å². The minimum atomic E-state index is -0.128. The number of hydrogen-bond acceptors (Lipinski definition) is 3. The van der Waals surface area contributed by atoms with E-state index in [-0.39, 0.29) is 11.9 Å².